The number of rotatable bonds is 6. The second-order valence-electron chi connectivity index (χ2n) is 7.27. The van der Waals surface area contributed by atoms with Gasteiger partial charge < -0.3 is 14.2 Å². The third-order valence-corrected chi connectivity index (χ3v) is 6.13. The average Bonchev–Trinajstić information content (AvgIpc) is 3.36. The fourth-order valence-electron chi connectivity index (χ4n) is 3.50. The van der Waals surface area contributed by atoms with Crippen molar-refractivity contribution in [1.29, 1.82) is 0 Å². The molecule has 1 aliphatic rings. The first-order valence-corrected chi connectivity index (χ1v) is 10.7. The Morgan fingerprint density at radius 3 is 2.69 bits per heavy atom. The maximum atomic E-state index is 12.9. The second-order valence-corrected chi connectivity index (χ2v) is 8.30. The molecule has 0 unspecified atom stereocenters. The summed E-state index contributed by atoms with van der Waals surface area (Å²) in [5, 5.41) is 6.05. The van der Waals surface area contributed by atoms with Crippen LogP contribution in [0, 0.1) is 13.8 Å². The van der Waals surface area contributed by atoms with Crippen molar-refractivity contribution in [3.63, 3.8) is 0 Å². The highest BCUT2D eigenvalue weighted by Crippen LogP contribution is 2.20. The number of carbonyl (C=O) groups is 1. The average molecular weight is 412 g/mol. The molecule has 3 heterocycles. The van der Waals surface area contributed by atoms with Crippen LogP contribution in [0.1, 0.15) is 32.3 Å². The van der Waals surface area contributed by atoms with Gasteiger partial charge in [0.15, 0.2) is 0 Å². The summed E-state index contributed by atoms with van der Waals surface area (Å²) in [5.74, 6) is 1.49. The summed E-state index contributed by atoms with van der Waals surface area (Å²) in [6, 6.07) is 11.6. The molecule has 0 atom stereocenters. The molecule has 0 saturated carbocycles. The zero-order valence-corrected chi connectivity index (χ0v) is 17.6. The molecule has 1 aromatic carbocycles. The molecule has 0 spiro atoms. The molecule has 0 radical (unpaired) electrons. The lowest BCUT2D eigenvalue weighted by Gasteiger charge is -2.34. The predicted molar refractivity (Wildman–Crippen MR) is 112 cm³/mol. The SMILES string of the molecule is Cc1noc(C)c1COc1cccc(C(=O)N2CCN(Cc3cccs3)CC2)c1. The molecule has 2 aromatic heterocycles. The molecule has 3 aromatic rings. The highest BCUT2D eigenvalue weighted by Gasteiger charge is 2.22. The maximum Gasteiger partial charge on any atom is 0.254 e. The van der Waals surface area contributed by atoms with Crippen LogP contribution in [0.25, 0.3) is 0 Å². The van der Waals surface area contributed by atoms with E-state index in [2.05, 4.69) is 27.6 Å². The van der Waals surface area contributed by atoms with Gasteiger partial charge in [0.25, 0.3) is 5.91 Å². The standard InChI is InChI=1S/C22H25N3O3S/c1-16-21(17(2)28-23-16)15-27-19-6-3-5-18(13-19)22(26)25-10-8-24(9-11-25)14-20-7-4-12-29-20/h3-7,12-13H,8-11,14-15H2,1-2H3. The normalized spacial score (nSPS) is 14.9. The van der Waals surface area contributed by atoms with Gasteiger partial charge in [0, 0.05) is 43.2 Å². The van der Waals surface area contributed by atoms with Gasteiger partial charge in [-0.1, -0.05) is 17.3 Å². The lowest BCUT2D eigenvalue weighted by atomic mass is 10.1. The van der Waals surface area contributed by atoms with Gasteiger partial charge in [0.2, 0.25) is 0 Å². The number of nitrogens with zero attached hydrogens (tertiary/aromatic N) is 3. The molecular formula is C22H25N3O3S. The lowest BCUT2D eigenvalue weighted by molar-refractivity contribution is 0.0629. The fourth-order valence-corrected chi connectivity index (χ4v) is 4.24. The monoisotopic (exact) mass is 411 g/mol. The molecular weight excluding hydrogens is 386 g/mol. The van der Waals surface area contributed by atoms with Crippen LogP contribution >= 0.6 is 11.3 Å². The lowest BCUT2D eigenvalue weighted by Crippen LogP contribution is -2.48. The molecule has 1 saturated heterocycles. The largest absolute Gasteiger partial charge is 0.489 e. The van der Waals surface area contributed by atoms with Gasteiger partial charge in [-0.05, 0) is 43.5 Å². The van der Waals surface area contributed by atoms with Crippen molar-refractivity contribution in [3.8, 4) is 5.75 Å². The van der Waals surface area contributed by atoms with Crippen LogP contribution in [-0.4, -0.2) is 47.0 Å². The van der Waals surface area contributed by atoms with Crippen LogP contribution in [0.3, 0.4) is 0 Å². The number of piperazine rings is 1. The van der Waals surface area contributed by atoms with Crippen LogP contribution < -0.4 is 4.74 Å². The van der Waals surface area contributed by atoms with E-state index in [1.165, 1.54) is 4.88 Å². The molecule has 29 heavy (non-hydrogen) atoms. The van der Waals surface area contributed by atoms with E-state index in [0.29, 0.717) is 17.9 Å². The number of hydrogen-bond acceptors (Lipinski definition) is 6. The van der Waals surface area contributed by atoms with Gasteiger partial charge in [-0.25, -0.2) is 0 Å². The third-order valence-electron chi connectivity index (χ3n) is 5.26. The van der Waals surface area contributed by atoms with Gasteiger partial charge in [0.1, 0.15) is 18.1 Å². The van der Waals surface area contributed by atoms with Crippen LogP contribution in [0.15, 0.2) is 46.3 Å². The van der Waals surface area contributed by atoms with Crippen molar-refractivity contribution in [3.05, 3.63) is 69.2 Å². The molecule has 6 nitrogen and oxygen atoms in total. The van der Waals surface area contributed by atoms with Crippen molar-refractivity contribution in [2.75, 3.05) is 26.2 Å². The zero-order valence-electron chi connectivity index (χ0n) is 16.8. The summed E-state index contributed by atoms with van der Waals surface area (Å²) >= 11 is 1.78. The Balaban J connectivity index is 1.34. The fraction of sp³-hybridized carbons (Fsp3) is 0.364. The highest BCUT2D eigenvalue weighted by molar-refractivity contribution is 7.09. The molecule has 4 rings (SSSR count). The van der Waals surface area contributed by atoms with Gasteiger partial charge in [-0.3, -0.25) is 9.69 Å². The first kappa shape index (κ1) is 19.7. The molecule has 152 valence electrons. The summed E-state index contributed by atoms with van der Waals surface area (Å²) in [6.07, 6.45) is 0. The van der Waals surface area contributed by atoms with E-state index < -0.39 is 0 Å². The quantitative estimate of drug-likeness (QED) is 0.616. The first-order chi connectivity index (χ1) is 14.1. The van der Waals surface area contributed by atoms with E-state index in [9.17, 15) is 4.79 Å². The second kappa shape index (κ2) is 8.80. The molecule has 0 aliphatic carbocycles. The van der Waals surface area contributed by atoms with Crippen LogP contribution in [0.4, 0.5) is 0 Å². The summed E-state index contributed by atoms with van der Waals surface area (Å²) in [5.41, 5.74) is 2.44. The summed E-state index contributed by atoms with van der Waals surface area (Å²) in [4.78, 5) is 18.6. The predicted octanol–water partition coefficient (Wildman–Crippen LogP) is 3.89. The number of aromatic nitrogens is 1. The first-order valence-electron chi connectivity index (χ1n) is 9.79. The Bertz CT molecular complexity index is 940. The van der Waals surface area contributed by atoms with Crippen LogP contribution in [-0.2, 0) is 13.2 Å². The van der Waals surface area contributed by atoms with Crippen LogP contribution in [0.2, 0.25) is 0 Å². The van der Waals surface area contributed by atoms with Gasteiger partial charge in [-0.15, -0.1) is 11.3 Å². The molecule has 7 heteroatoms. The van der Waals surface area contributed by atoms with Crippen molar-refractivity contribution in [1.82, 2.24) is 15.0 Å². The highest BCUT2D eigenvalue weighted by atomic mass is 32.1. The van der Waals surface area contributed by atoms with Gasteiger partial charge in [0.05, 0.1) is 11.3 Å². The number of carbonyl (C=O) groups excluding carboxylic acids is 1. The Morgan fingerprint density at radius 1 is 1.17 bits per heavy atom. The van der Waals surface area contributed by atoms with Crippen molar-refractivity contribution in [2.24, 2.45) is 0 Å². The van der Waals surface area contributed by atoms with Crippen molar-refractivity contribution >= 4 is 17.2 Å². The number of benzene rings is 1. The molecule has 1 amide bonds. The Labute approximate surface area is 174 Å². The number of aryl methyl sites for hydroxylation is 2. The molecule has 1 fully saturated rings. The molecule has 0 bridgehead atoms. The van der Waals surface area contributed by atoms with Crippen molar-refractivity contribution < 1.29 is 14.1 Å². The number of thiophene rings is 1. The zero-order chi connectivity index (χ0) is 20.2. The molecule has 1 aliphatic heterocycles. The van der Waals surface area contributed by atoms with Crippen LogP contribution in [0.5, 0.6) is 5.75 Å². The number of amides is 1. The minimum Gasteiger partial charge on any atom is -0.489 e. The van der Waals surface area contributed by atoms with Crippen molar-refractivity contribution in [2.45, 2.75) is 27.0 Å². The minimum atomic E-state index is 0.0589. The molecule has 0 N–H and O–H groups in total. The van der Waals surface area contributed by atoms with E-state index in [1.54, 1.807) is 11.3 Å². The third kappa shape index (κ3) is 4.68. The number of hydrogen-bond donors (Lipinski definition) is 0. The Morgan fingerprint density at radius 2 is 2.00 bits per heavy atom. The summed E-state index contributed by atoms with van der Waals surface area (Å²) < 4.78 is 11.1. The smallest absolute Gasteiger partial charge is 0.254 e. The Hall–Kier alpha value is -2.64. The number of ether oxygens (including phenoxy) is 1. The summed E-state index contributed by atoms with van der Waals surface area (Å²) in [7, 11) is 0. The maximum absolute atomic E-state index is 12.9. The van der Waals surface area contributed by atoms with Gasteiger partial charge in [-0.2, -0.15) is 0 Å². The topological polar surface area (TPSA) is 58.8 Å². The minimum absolute atomic E-state index is 0.0589. The van der Waals surface area contributed by atoms with E-state index in [0.717, 1.165) is 49.7 Å². The van der Waals surface area contributed by atoms with E-state index in [4.69, 9.17) is 9.26 Å². The Kier molecular flexibility index (Phi) is 5.97. The van der Waals surface area contributed by atoms with E-state index in [1.807, 2.05) is 43.0 Å². The van der Waals surface area contributed by atoms with Gasteiger partial charge >= 0.3 is 0 Å². The van der Waals surface area contributed by atoms with E-state index >= 15 is 0 Å². The van der Waals surface area contributed by atoms with E-state index in [-0.39, 0.29) is 5.91 Å². The summed E-state index contributed by atoms with van der Waals surface area (Å²) in [6.45, 7) is 8.38.